The van der Waals surface area contributed by atoms with Crippen molar-refractivity contribution in [3.63, 3.8) is 0 Å². The molecule has 5 heteroatoms. The molecule has 20 heavy (non-hydrogen) atoms. The minimum Gasteiger partial charge on any atom is -0.387 e. The van der Waals surface area contributed by atoms with Crippen LogP contribution in [0.2, 0.25) is 0 Å². The normalized spacial score (nSPS) is 21.9. The predicted octanol–water partition coefficient (Wildman–Crippen LogP) is 2.00. The lowest BCUT2D eigenvalue weighted by Gasteiger charge is -2.32. The van der Waals surface area contributed by atoms with E-state index >= 15 is 0 Å². The Labute approximate surface area is 119 Å². The zero-order valence-electron chi connectivity index (χ0n) is 12.0. The summed E-state index contributed by atoms with van der Waals surface area (Å²) in [7, 11) is 1.74. The SMILES string of the molecule is COCC1CCCN(CCC(O)c2ccc(F)cn2)C1. The van der Waals surface area contributed by atoms with Crippen molar-refractivity contribution in [2.75, 3.05) is 33.4 Å². The van der Waals surface area contributed by atoms with Gasteiger partial charge in [-0.25, -0.2) is 4.39 Å². The molecule has 0 saturated carbocycles. The van der Waals surface area contributed by atoms with E-state index in [0.717, 1.165) is 32.4 Å². The van der Waals surface area contributed by atoms with E-state index in [1.165, 1.54) is 18.9 Å². The first-order valence-electron chi connectivity index (χ1n) is 7.20. The van der Waals surface area contributed by atoms with Crippen molar-refractivity contribution < 1.29 is 14.2 Å². The quantitative estimate of drug-likeness (QED) is 0.867. The fraction of sp³-hybridized carbons (Fsp3) is 0.667. The van der Waals surface area contributed by atoms with Crippen LogP contribution in [0.4, 0.5) is 4.39 Å². The number of piperidine rings is 1. The molecule has 1 saturated heterocycles. The van der Waals surface area contributed by atoms with Crippen molar-refractivity contribution in [1.29, 1.82) is 0 Å². The first-order chi connectivity index (χ1) is 9.69. The lowest BCUT2D eigenvalue weighted by molar-refractivity contribution is 0.0771. The van der Waals surface area contributed by atoms with Crippen LogP contribution < -0.4 is 0 Å². The number of aromatic nitrogens is 1. The molecule has 0 amide bonds. The zero-order chi connectivity index (χ0) is 14.4. The van der Waals surface area contributed by atoms with Gasteiger partial charge in [0.05, 0.1) is 24.6 Å². The Kier molecular flexibility index (Phi) is 5.88. The van der Waals surface area contributed by atoms with Gasteiger partial charge in [-0.2, -0.15) is 0 Å². The summed E-state index contributed by atoms with van der Waals surface area (Å²) in [5, 5.41) is 10.1. The Morgan fingerprint density at radius 2 is 2.40 bits per heavy atom. The highest BCUT2D eigenvalue weighted by atomic mass is 19.1. The molecular weight excluding hydrogens is 259 g/mol. The van der Waals surface area contributed by atoms with Crippen LogP contribution >= 0.6 is 0 Å². The largest absolute Gasteiger partial charge is 0.387 e. The van der Waals surface area contributed by atoms with Gasteiger partial charge in [-0.1, -0.05) is 0 Å². The smallest absolute Gasteiger partial charge is 0.141 e. The number of rotatable bonds is 6. The van der Waals surface area contributed by atoms with Gasteiger partial charge < -0.3 is 14.7 Å². The van der Waals surface area contributed by atoms with Crippen LogP contribution in [0.5, 0.6) is 0 Å². The second-order valence-electron chi connectivity index (χ2n) is 5.47. The highest BCUT2D eigenvalue weighted by Gasteiger charge is 2.20. The number of ether oxygens (including phenoxy) is 1. The summed E-state index contributed by atoms with van der Waals surface area (Å²) in [4.78, 5) is 6.28. The van der Waals surface area contributed by atoms with E-state index in [1.54, 1.807) is 13.2 Å². The molecule has 4 nitrogen and oxygen atoms in total. The van der Waals surface area contributed by atoms with Gasteiger partial charge in [0.2, 0.25) is 0 Å². The summed E-state index contributed by atoms with van der Waals surface area (Å²) in [6.45, 7) is 3.74. The molecule has 2 heterocycles. The maximum atomic E-state index is 12.8. The molecule has 2 rings (SSSR count). The topological polar surface area (TPSA) is 45.6 Å². The van der Waals surface area contributed by atoms with E-state index in [-0.39, 0.29) is 5.82 Å². The Balaban J connectivity index is 1.78. The Morgan fingerprint density at radius 3 is 3.10 bits per heavy atom. The fourth-order valence-electron chi connectivity index (χ4n) is 2.76. The van der Waals surface area contributed by atoms with E-state index in [0.29, 0.717) is 18.0 Å². The van der Waals surface area contributed by atoms with Crippen LogP contribution in [-0.2, 0) is 4.74 Å². The average Bonchev–Trinajstić information content (AvgIpc) is 2.46. The van der Waals surface area contributed by atoms with Gasteiger partial charge in [-0.15, -0.1) is 0 Å². The second-order valence-corrected chi connectivity index (χ2v) is 5.47. The van der Waals surface area contributed by atoms with Crippen LogP contribution in [-0.4, -0.2) is 48.3 Å². The fourth-order valence-corrected chi connectivity index (χ4v) is 2.76. The molecule has 0 aliphatic carbocycles. The minimum atomic E-state index is -0.626. The predicted molar refractivity (Wildman–Crippen MR) is 74.8 cm³/mol. The number of methoxy groups -OCH3 is 1. The maximum absolute atomic E-state index is 12.8. The molecule has 0 spiro atoms. The van der Waals surface area contributed by atoms with Gasteiger partial charge in [-0.3, -0.25) is 4.98 Å². The lowest BCUT2D eigenvalue weighted by Crippen LogP contribution is -2.38. The van der Waals surface area contributed by atoms with Crippen molar-refractivity contribution in [3.05, 3.63) is 29.8 Å². The van der Waals surface area contributed by atoms with Crippen molar-refractivity contribution in [2.45, 2.75) is 25.4 Å². The number of hydrogen-bond acceptors (Lipinski definition) is 4. The van der Waals surface area contributed by atoms with Crippen molar-refractivity contribution >= 4 is 0 Å². The van der Waals surface area contributed by atoms with Gasteiger partial charge in [0, 0.05) is 20.2 Å². The van der Waals surface area contributed by atoms with E-state index in [2.05, 4.69) is 9.88 Å². The van der Waals surface area contributed by atoms with Crippen molar-refractivity contribution in [2.24, 2.45) is 5.92 Å². The second kappa shape index (κ2) is 7.67. The number of halogens is 1. The van der Waals surface area contributed by atoms with Gasteiger partial charge in [0.1, 0.15) is 5.82 Å². The molecule has 1 aromatic heterocycles. The molecule has 0 radical (unpaired) electrons. The summed E-state index contributed by atoms with van der Waals surface area (Å²) in [6, 6.07) is 2.88. The summed E-state index contributed by atoms with van der Waals surface area (Å²) >= 11 is 0. The summed E-state index contributed by atoms with van der Waals surface area (Å²) in [5.41, 5.74) is 0.539. The van der Waals surface area contributed by atoms with Gasteiger partial charge in [0.25, 0.3) is 0 Å². The van der Waals surface area contributed by atoms with Crippen LogP contribution in [0, 0.1) is 11.7 Å². The minimum absolute atomic E-state index is 0.376. The third-order valence-corrected chi connectivity index (χ3v) is 3.82. The number of nitrogens with zero attached hydrogens (tertiary/aromatic N) is 2. The third-order valence-electron chi connectivity index (χ3n) is 3.82. The van der Waals surface area contributed by atoms with Gasteiger partial charge >= 0.3 is 0 Å². The third kappa shape index (κ3) is 4.51. The molecule has 1 aromatic rings. The lowest BCUT2D eigenvalue weighted by atomic mass is 9.98. The Morgan fingerprint density at radius 1 is 1.55 bits per heavy atom. The number of hydrogen-bond donors (Lipinski definition) is 1. The molecule has 1 N–H and O–H groups in total. The van der Waals surface area contributed by atoms with E-state index in [1.807, 2.05) is 0 Å². The zero-order valence-corrected chi connectivity index (χ0v) is 12.0. The van der Waals surface area contributed by atoms with E-state index < -0.39 is 6.10 Å². The van der Waals surface area contributed by atoms with Gasteiger partial charge in [-0.05, 0) is 43.9 Å². The van der Waals surface area contributed by atoms with Crippen molar-refractivity contribution in [3.8, 4) is 0 Å². The van der Waals surface area contributed by atoms with Crippen LogP contribution in [0.3, 0.4) is 0 Å². The molecule has 1 aliphatic rings. The first-order valence-corrected chi connectivity index (χ1v) is 7.20. The Bertz CT molecular complexity index is 397. The number of likely N-dealkylation sites (tertiary alicyclic amines) is 1. The number of aliphatic hydroxyl groups excluding tert-OH is 1. The summed E-state index contributed by atoms with van der Waals surface area (Å²) in [5.74, 6) is 0.217. The molecule has 0 bridgehead atoms. The van der Waals surface area contributed by atoms with Crippen molar-refractivity contribution in [1.82, 2.24) is 9.88 Å². The van der Waals surface area contributed by atoms with Crippen LogP contribution in [0.15, 0.2) is 18.3 Å². The first kappa shape index (κ1) is 15.4. The summed E-state index contributed by atoms with van der Waals surface area (Å²) < 4.78 is 18.0. The molecule has 112 valence electrons. The molecule has 1 aliphatic heterocycles. The summed E-state index contributed by atoms with van der Waals surface area (Å²) in [6.07, 6.45) is 3.54. The van der Waals surface area contributed by atoms with E-state index in [4.69, 9.17) is 4.74 Å². The van der Waals surface area contributed by atoms with Crippen LogP contribution in [0.1, 0.15) is 31.1 Å². The Hall–Kier alpha value is -1.04. The number of pyridine rings is 1. The van der Waals surface area contributed by atoms with E-state index in [9.17, 15) is 9.50 Å². The average molecular weight is 282 g/mol. The monoisotopic (exact) mass is 282 g/mol. The van der Waals surface area contributed by atoms with Crippen LogP contribution in [0.25, 0.3) is 0 Å². The number of aliphatic hydroxyl groups is 1. The molecule has 1 fully saturated rings. The highest BCUT2D eigenvalue weighted by molar-refractivity contribution is 5.07. The van der Waals surface area contributed by atoms with Gasteiger partial charge in [0.15, 0.2) is 0 Å². The standard InChI is InChI=1S/C15H23FN2O2/c1-20-11-12-3-2-7-18(10-12)8-6-15(19)14-5-4-13(16)9-17-14/h4-5,9,12,15,19H,2-3,6-8,10-11H2,1H3. The molecule has 2 atom stereocenters. The highest BCUT2D eigenvalue weighted by Crippen LogP contribution is 2.19. The molecule has 2 unspecified atom stereocenters. The molecule has 0 aromatic carbocycles. The maximum Gasteiger partial charge on any atom is 0.141 e. The molecular formula is C15H23FN2O2.